The van der Waals surface area contributed by atoms with Gasteiger partial charge in [0.25, 0.3) is 5.91 Å². The standard InChI is InChI=1S/C20H24N4O3/c1-14-11-18(25)22-12-16(14)20(26)24-10-6-15(13-24)27-17-5-4-7-21-19(17)23-8-2-3-9-23/h4-5,7,11-12,15H,2-3,6,8-10,13H2,1H3,(H,22,25)/t15-/m0/s1. The van der Waals surface area contributed by atoms with Crippen molar-refractivity contribution in [2.75, 3.05) is 31.1 Å². The van der Waals surface area contributed by atoms with Gasteiger partial charge >= 0.3 is 0 Å². The maximum Gasteiger partial charge on any atom is 0.255 e. The molecular weight excluding hydrogens is 344 g/mol. The minimum atomic E-state index is -0.197. The minimum absolute atomic E-state index is 0.0532. The van der Waals surface area contributed by atoms with Gasteiger partial charge in [0.15, 0.2) is 11.6 Å². The molecule has 1 N–H and O–H groups in total. The molecule has 142 valence electrons. The number of aromatic amines is 1. The Bertz CT molecular complexity index is 889. The maximum atomic E-state index is 12.8. The number of H-pyrrole nitrogens is 1. The summed E-state index contributed by atoms with van der Waals surface area (Å²) in [7, 11) is 0. The number of likely N-dealkylation sites (tertiary alicyclic amines) is 1. The van der Waals surface area contributed by atoms with Crippen LogP contribution >= 0.6 is 0 Å². The van der Waals surface area contributed by atoms with E-state index in [-0.39, 0.29) is 17.6 Å². The predicted molar refractivity (Wildman–Crippen MR) is 102 cm³/mol. The zero-order valence-corrected chi connectivity index (χ0v) is 15.5. The van der Waals surface area contributed by atoms with Crippen molar-refractivity contribution in [3.8, 4) is 5.75 Å². The number of anilines is 1. The fourth-order valence-corrected chi connectivity index (χ4v) is 3.80. The number of hydrogen-bond acceptors (Lipinski definition) is 5. The number of pyridine rings is 2. The lowest BCUT2D eigenvalue weighted by molar-refractivity contribution is 0.0771. The summed E-state index contributed by atoms with van der Waals surface area (Å²) in [4.78, 5) is 35.3. The number of nitrogens with one attached hydrogen (secondary N) is 1. The average Bonchev–Trinajstić information content (AvgIpc) is 3.34. The lowest BCUT2D eigenvalue weighted by atomic mass is 10.1. The van der Waals surface area contributed by atoms with Crippen LogP contribution < -0.4 is 15.2 Å². The van der Waals surface area contributed by atoms with Gasteiger partial charge in [0.1, 0.15) is 6.10 Å². The Morgan fingerprint density at radius 3 is 2.89 bits per heavy atom. The molecule has 0 saturated carbocycles. The van der Waals surface area contributed by atoms with E-state index in [0.29, 0.717) is 24.2 Å². The molecule has 2 fully saturated rings. The summed E-state index contributed by atoms with van der Waals surface area (Å²) in [5.74, 6) is 1.62. The molecule has 7 nitrogen and oxygen atoms in total. The van der Waals surface area contributed by atoms with Crippen molar-refractivity contribution in [3.05, 3.63) is 52.1 Å². The zero-order chi connectivity index (χ0) is 18.8. The van der Waals surface area contributed by atoms with Gasteiger partial charge in [0, 0.05) is 44.5 Å². The van der Waals surface area contributed by atoms with E-state index in [1.807, 2.05) is 12.1 Å². The largest absolute Gasteiger partial charge is 0.485 e. The quantitative estimate of drug-likeness (QED) is 0.893. The van der Waals surface area contributed by atoms with E-state index in [2.05, 4.69) is 14.9 Å². The normalized spacial score (nSPS) is 19.5. The maximum absolute atomic E-state index is 12.8. The zero-order valence-electron chi connectivity index (χ0n) is 15.5. The van der Waals surface area contributed by atoms with Crippen molar-refractivity contribution in [2.45, 2.75) is 32.3 Å². The summed E-state index contributed by atoms with van der Waals surface area (Å²) < 4.78 is 6.23. The van der Waals surface area contributed by atoms with Gasteiger partial charge in [-0.3, -0.25) is 9.59 Å². The van der Waals surface area contributed by atoms with E-state index in [0.717, 1.165) is 31.1 Å². The third-order valence-electron chi connectivity index (χ3n) is 5.24. The summed E-state index contributed by atoms with van der Waals surface area (Å²) in [5, 5.41) is 0. The Morgan fingerprint density at radius 2 is 2.11 bits per heavy atom. The van der Waals surface area contributed by atoms with Crippen LogP contribution in [0.2, 0.25) is 0 Å². The number of rotatable bonds is 4. The molecule has 0 bridgehead atoms. The van der Waals surface area contributed by atoms with E-state index in [9.17, 15) is 9.59 Å². The molecule has 0 aromatic carbocycles. The first-order chi connectivity index (χ1) is 13.1. The van der Waals surface area contributed by atoms with Crippen molar-refractivity contribution < 1.29 is 9.53 Å². The smallest absolute Gasteiger partial charge is 0.255 e. The summed E-state index contributed by atoms with van der Waals surface area (Å²) in [6.45, 7) is 4.97. The number of ether oxygens (including phenoxy) is 1. The molecule has 1 amide bonds. The molecule has 2 aromatic heterocycles. The fraction of sp³-hybridized carbons (Fsp3) is 0.450. The Kier molecular flexibility index (Phi) is 4.83. The second-order valence-electron chi connectivity index (χ2n) is 7.19. The third-order valence-corrected chi connectivity index (χ3v) is 5.24. The summed E-state index contributed by atoms with van der Waals surface area (Å²) in [6.07, 6.45) is 6.39. The molecule has 1 atom stereocenters. The molecule has 4 heterocycles. The minimum Gasteiger partial charge on any atom is -0.485 e. The van der Waals surface area contributed by atoms with Crippen LogP contribution in [0.4, 0.5) is 5.82 Å². The van der Waals surface area contributed by atoms with E-state index in [4.69, 9.17) is 4.74 Å². The molecule has 2 aliphatic rings. The average molecular weight is 368 g/mol. The Balaban J connectivity index is 1.44. The molecule has 4 rings (SSSR count). The van der Waals surface area contributed by atoms with Gasteiger partial charge < -0.3 is 19.5 Å². The van der Waals surface area contributed by atoms with E-state index < -0.39 is 0 Å². The number of amides is 1. The van der Waals surface area contributed by atoms with Crippen LogP contribution in [0.3, 0.4) is 0 Å². The van der Waals surface area contributed by atoms with Crippen LogP contribution in [0.25, 0.3) is 0 Å². The van der Waals surface area contributed by atoms with Gasteiger partial charge in [-0.2, -0.15) is 0 Å². The van der Waals surface area contributed by atoms with E-state index in [1.54, 1.807) is 18.0 Å². The molecule has 0 unspecified atom stereocenters. The van der Waals surface area contributed by atoms with Gasteiger partial charge in [-0.15, -0.1) is 0 Å². The number of carbonyl (C=O) groups excluding carboxylic acids is 1. The Morgan fingerprint density at radius 1 is 1.30 bits per heavy atom. The van der Waals surface area contributed by atoms with Crippen molar-refractivity contribution in [1.29, 1.82) is 0 Å². The topological polar surface area (TPSA) is 78.5 Å². The van der Waals surface area contributed by atoms with Crippen LogP contribution in [0, 0.1) is 6.92 Å². The second kappa shape index (κ2) is 7.42. The SMILES string of the molecule is Cc1cc(=O)[nH]cc1C(=O)N1CC[C@H](Oc2cccnc2N2CCCC2)C1. The van der Waals surface area contributed by atoms with Crippen molar-refractivity contribution in [1.82, 2.24) is 14.9 Å². The van der Waals surface area contributed by atoms with Crippen LogP contribution in [-0.4, -0.2) is 53.1 Å². The Hall–Kier alpha value is -2.83. The van der Waals surface area contributed by atoms with E-state index >= 15 is 0 Å². The first kappa shape index (κ1) is 17.6. The van der Waals surface area contributed by atoms with Gasteiger partial charge in [0.2, 0.25) is 5.56 Å². The van der Waals surface area contributed by atoms with Gasteiger partial charge in [0.05, 0.1) is 12.1 Å². The van der Waals surface area contributed by atoms with Crippen molar-refractivity contribution >= 4 is 11.7 Å². The van der Waals surface area contributed by atoms with Crippen LogP contribution in [-0.2, 0) is 0 Å². The molecule has 27 heavy (non-hydrogen) atoms. The van der Waals surface area contributed by atoms with Crippen LogP contribution in [0.5, 0.6) is 5.75 Å². The molecule has 0 aliphatic carbocycles. The van der Waals surface area contributed by atoms with Crippen LogP contribution in [0.1, 0.15) is 35.2 Å². The molecule has 2 aromatic rings. The highest BCUT2D eigenvalue weighted by atomic mass is 16.5. The summed E-state index contributed by atoms with van der Waals surface area (Å²) >= 11 is 0. The second-order valence-corrected chi connectivity index (χ2v) is 7.19. The Labute approximate surface area is 158 Å². The highest BCUT2D eigenvalue weighted by molar-refractivity contribution is 5.95. The lowest BCUT2D eigenvalue weighted by Gasteiger charge is -2.22. The monoisotopic (exact) mass is 368 g/mol. The number of hydrogen-bond donors (Lipinski definition) is 1. The lowest BCUT2D eigenvalue weighted by Crippen LogP contribution is -2.32. The first-order valence-electron chi connectivity index (χ1n) is 9.47. The number of aryl methyl sites for hydroxylation is 1. The van der Waals surface area contributed by atoms with Gasteiger partial charge in [-0.25, -0.2) is 4.98 Å². The molecule has 7 heteroatoms. The number of aromatic nitrogens is 2. The van der Waals surface area contributed by atoms with Gasteiger partial charge in [-0.1, -0.05) is 0 Å². The number of nitrogens with zero attached hydrogens (tertiary/aromatic N) is 3. The summed E-state index contributed by atoms with van der Waals surface area (Å²) in [5.41, 5.74) is 1.03. The van der Waals surface area contributed by atoms with E-state index in [1.165, 1.54) is 25.1 Å². The third kappa shape index (κ3) is 3.67. The van der Waals surface area contributed by atoms with Crippen molar-refractivity contribution in [2.24, 2.45) is 0 Å². The first-order valence-corrected chi connectivity index (χ1v) is 9.47. The van der Waals surface area contributed by atoms with Crippen LogP contribution in [0.15, 0.2) is 35.4 Å². The molecule has 0 radical (unpaired) electrons. The predicted octanol–water partition coefficient (Wildman–Crippen LogP) is 1.97. The molecule has 0 spiro atoms. The fourth-order valence-electron chi connectivity index (χ4n) is 3.80. The van der Waals surface area contributed by atoms with Gasteiger partial charge in [-0.05, 0) is 37.5 Å². The molecular formula is C20H24N4O3. The number of carbonyl (C=O) groups is 1. The molecule has 2 saturated heterocycles. The highest BCUT2D eigenvalue weighted by Crippen LogP contribution is 2.30. The molecule has 2 aliphatic heterocycles. The van der Waals surface area contributed by atoms with Crippen molar-refractivity contribution in [3.63, 3.8) is 0 Å². The highest BCUT2D eigenvalue weighted by Gasteiger charge is 2.30. The summed E-state index contributed by atoms with van der Waals surface area (Å²) in [6, 6.07) is 5.29.